The number of Topliss-reactive ketones (excluding diaryl/α,β-unsaturated/α-hetero) is 1. The smallest absolute Gasteiger partial charge is 0.149 e. The van der Waals surface area contributed by atoms with Crippen molar-refractivity contribution < 1.29 is 13.2 Å². The highest BCUT2D eigenvalue weighted by Gasteiger charge is 2.17. The second-order valence-corrected chi connectivity index (χ2v) is 5.00. The molecule has 0 amide bonds. The van der Waals surface area contributed by atoms with Crippen LogP contribution < -0.4 is 5.32 Å². The van der Waals surface area contributed by atoms with Crippen molar-refractivity contribution in [2.24, 2.45) is 0 Å². The van der Waals surface area contributed by atoms with Crippen LogP contribution in [0.3, 0.4) is 0 Å². The number of ketones is 1. The van der Waals surface area contributed by atoms with Gasteiger partial charge in [-0.2, -0.15) is 0 Å². The van der Waals surface area contributed by atoms with Gasteiger partial charge in [0.05, 0.1) is 11.8 Å². The van der Waals surface area contributed by atoms with Gasteiger partial charge in [0, 0.05) is 6.26 Å². The van der Waals surface area contributed by atoms with Gasteiger partial charge >= 0.3 is 0 Å². The van der Waals surface area contributed by atoms with Crippen LogP contribution in [0.4, 0.5) is 0 Å². The number of sulfone groups is 1. The minimum atomic E-state index is -3.07. The van der Waals surface area contributed by atoms with Crippen LogP contribution in [0.25, 0.3) is 0 Å². The van der Waals surface area contributed by atoms with Gasteiger partial charge < -0.3 is 5.32 Å². The highest BCUT2D eigenvalue weighted by Crippen LogP contribution is 1.92. The van der Waals surface area contributed by atoms with E-state index in [1.165, 1.54) is 6.92 Å². The third-order valence-electron chi connectivity index (χ3n) is 1.41. The predicted octanol–water partition coefficient (Wildman–Crippen LogP) is -0.402. The summed E-state index contributed by atoms with van der Waals surface area (Å²) in [5, 5.41) is 2.81. The number of likely N-dealkylation sites (N-methyl/N-ethyl adjacent to an activating group) is 1. The molecule has 0 aliphatic rings. The fourth-order valence-corrected chi connectivity index (χ4v) is 1.83. The van der Waals surface area contributed by atoms with Crippen molar-refractivity contribution in [3.8, 4) is 0 Å². The zero-order chi connectivity index (χ0) is 9.78. The highest BCUT2D eigenvalue weighted by molar-refractivity contribution is 7.90. The molecule has 72 valence electrons. The Morgan fingerprint density at radius 1 is 1.50 bits per heavy atom. The van der Waals surface area contributed by atoms with Crippen LogP contribution >= 0.6 is 0 Å². The summed E-state index contributed by atoms with van der Waals surface area (Å²) in [5.74, 6) is -0.252. The summed E-state index contributed by atoms with van der Waals surface area (Å²) in [6.07, 6.45) is 1.13. The molecule has 0 aromatic rings. The van der Waals surface area contributed by atoms with E-state index < -0.39 is 15.9 Å². The van der Waals surface area contributed by atoms with Gasteiger partial charge in [0.25, 0.3) is 0 Å². The van der Waals surface area contributed by atoms with E-state index in [-0.39, 0.29) is 11.5 Å². The zero-order valence-electron chi connectivity index (χ0n) is 7.62. The van der Waals surface area contributed by atoms with E-state index in [4.69, 9.17) is 0 Å². The summed E-state index contributed by atoms with van der Waals surface area (Å²) in [4.78, 5) is 10.9. The lowest BCUT2D eigenvalue weighted by Gasteiger charge is -2.12. The normalized spacial score (nSPS) is 14.2. The van der Waals surface area contributed by atoms with Crippen LogP contribution in [0.15, 0.2) is 0 Å². The standard InChI is InChI=1S/C7H15NO3S/c1-4-8-7(6(2)9)5-12(3,10)11/h7-8H,4-5H2,1-3H3. The Labute approximate surface area is 73.3 Å². The summed E-state index contributed by atoms with van der Waals surface area (Å²) < 4.78 is 21.7. The number of hydrogen-bond donors (Lipinski definition) is 1. The number of hydrogen-bond acceptors (Lipinski definition) is 4. The number of carbonyl (C=O) groups is 1. The molecular formula is C7H15NO3S. The molecule has 1 unspecified atom stereocenters. The molecule has 0 bridgehead atoms. The van der Waals surface area contributed by atoms with Gasteiger partial charge in [0.1, 0.15) is 15.6 Å². The number of carbonyl (C=O) groups excluding carboxylic acids is 1. The molecule has 0 aromatic carbocycles. The van der Waals surface area contributed by atoms with Crippen LogP contribution in [0.1, 0.15) is 13.8 Å². The van der Waals surface area contributed by atoms with Crippen LogP contribution in [-0.4, -0.2) is 38.8 Å². The fraction of sp³-hybridized carbons (Fsp3) is 0.857. The van der Waals surface area contributed by atoms with E-state index in [1.807, 2.05) is 6.92 Å². The Hall–Kier alpha value is -0.420. The van der Waals surface area contributed by atoms with Crippen LogP contribution in [0, 0.1) is 0 Å². The van der Waals surface area contributed by atoms with E-state index in [0.29, 0.717) is 6.54 Å². The zero-order valence-corrected chi connectivity index (χ0v) is 8.44. The molecule has 0 spiro atoms. The van der Waals surface area contributed by atoms with Crippen molar-refractivity contribution in [3.63, 3.8) is 0 Å². The minimum absolute atomic E-state index is 0.115. The Kier molecular flexibility index (Phi) is 4.41. The number of rotatable bonds is 5. The molecule has 0 rings (SSSR count). The van der Waals surface area contributed by atoms with E-state index in [9.17, 15) is 13.2 Å². The minimum Gasteiger partial charge on any atom is -0.307 e. The molecule has 0 aromatic heterocycles. The van der Waals surface area contributed by atoms with Crippen molar-refractivity contribution in [3.05, 3.63) is 0 Å². The van der Waals surface area contributed by atoms with Crippen LogP contribution in [-0.2, 0) is 14.6 Å². The summed E-state index contributed by atoms with van der Waals surface area (Å²) in [6.45, 7) is 3.82. The molecule has 4 nitrogen and oxygen atoms in total. The number of nitrogens with one attached hydrogen (secondary N) is 1. The first-order valence-corrected chi connectivity index (χ1v) is 5.84. The van der Waals surface area contributed by atoms with Crippen LogP contribution in [0.2, 0.25) is 0 Å². The van der Waals surface area contributed by atoms with Gasteiger partial charge in [-0.25, -0.2) is 8.42 Å². The first kappa shape index (κ1) is 11.6. The summed E-state index contributed by atoms with van der Waals surface area (Å²) >= 11 is 0. The molecule has 0 heterocycles. The van der Waals surface area contributed by atoms with Gasteiger partial charge in [-0.3, -0.25) is 4.79 Å². The summed E-state index contributed by atoms with van der Waals surface area (Å²) in [6, 6.07) is -0.551. The lowest BCUT2D eigenvalue weighted by molar-refractivity contribution is -0.118. The molecule has 0 fully saturated rings. The lowest BCUT2D eigenvalue weighted by atomic mass is 10.2. The second kappa shape index (κ2) is 4.57. The van der Waals surface area contributed by atoms with Gasteiger partial charge in [-0.05, 0) is 13.5 Å². The average Bonchev–Trinajstić information content (AvgIpc) is 1.83. The van der Waals surface area contributed by atoms with Crippen molar-refractivity contribution in [2.75, 3.05) is 18.6 Å². The Bertz CT molecular complexity index is 245. The quantitative estimate of drug-likeness (QED) is 0.645. The lowest BCUT2D eigenvalue weighted by Crippen LogP contribution is -2.40. The first-order chi connectivity index (χ1) is 5.37. The summed E-state index contributed by atoms with van der Waals surface area (Å²) in [5.41, 5.74) is 0. The monoisotopic (exact) mass is 193 g/mol. The fourth-order valence-electron chi connectivity index (χ4n) is 0.869. The van der Waals surface area contributed by atoms with Gasteiger partial charge in [-0.15, -0.1) is 0 Å². The predicted molar refractivity (Wildman–Crippen MR) is 47.9 cm³/mol. The van der Waals surface area contributed by atoms with E-state index in [1.54, 1.807) is 0 Å². The third-order valence-corrected chi connectivity index (χ3v) is 2.35. The highest BCUT2D eigenvalue weighted by atomic mass is 32.2. The largest absolute Gasteiger partial charge is 0.307 e. The molecule has 0 aliphatic carbocycles. The van der Waals surface area contributed by atoms with Gasteiger partial charge in [0.2, 0.25) is 0 Å². The van der Waals surface area contributed by atoms with Crippen molar-refractivity contribution in [1.29, 1.82) is 0 Å². The van der Waals surface area contributed by atoms with Crippen molar-refractivity contribution >= 4 is 15.6 Å². The van der Waals surface area contributed by atoms with E-state index in [0.717, 1.165) is 6.26 Å². The Morgan fingerprint density at radius 3 is 2.25 bits per heavy atom. The molecular weight excluding hydrogens is 178 g/mol. The second-order valence-electron chi connectivity index (χ2n) is 2.81. The molecule has 0 saturated carbocycles. The molecule has 12 heavy (non-hydrogen) atoms. The molecule has 0 aliphatic heterocycles. The summed E-state index contributed by atoms with van der Waals surface area (Å²) in [7, 11) is -3.07. The van der Waals surface area contributed by atoms with Gasteiger partial charge in [0.15, 0.2) is 0 Å². The maximum Gasteiger partial charge on any atom is 0.149 e. The first-order valence-electron chi connectivity index (χ1n) is 3.78. The topological polar surface area (TPSA) is 63.2 Å². The SMILES string of the molecule is CCNC(CS(C)(=O)=O)C(C)=O. The Morgan fingerprint density at radius 2 is 2.00 bits per heavy atom. The molecule has 1 N–H and O–H groups in total. The third kappa shape index (κ3) is 5.26. The average molecular weight is 193 g/mol. The van der Waals surface area contributed by atoms with Crippen molar-refractivity contribution in [2.45, 2.75) is 19.9 Å². The molecule has 5 heteroatoms. The Balaban J connectivity index is 4.24. The maximum absolute atomic E-state index is 10.9. The van der Waals surface area contributed by atoms with Crippen molar-refractivity contribution in [1.82, 2.24) is 5.32 Å². The van der Waals surface area contributed by atoms with Gasteiger partial charge in [-0.1, -0.05) is 6.92 Å². The van der Waals surface area contributed by atoms with E-state index >= 15 is 0 Å². The van der Waals surface area contributed by atoms with Crippen LogP contribution in [0.5, 0.6) is 0 Å². The molecule has 1 atom stereocenters. The van der Waals surface area contributed by atoms with E-state index in [2.05, 4.69) is 5.32 Å². The molecule has 0 saturated heterocycles. The molecule has 0 radical (unpaired) electrons. The maximum atomic E-state index is 10.9.